The molecule has 0 spiro atoms. The van der Waals surface area contributed by atoms with Gasteiger partial charge in [-0.15, -0.1) is 0 Å². The summed E-state index contributed by atoms with van der Waals surface area (Å²) in [4.78, 5) is 30.5. The van der Waals surface area contributed by atoms with Gasteiger partial charge in [0.1, 0.15) is 6.04 Å². The molecular formula is C27H26Cl2N6O2S. The lowest BCUT2D eigenvalue weighted by atomic mass is 9.95. The number of rotatable bonds is 5. The van der Waals surface area contributed by atoms with Crippen LogP contribution in [0.2, 0.25) is 10.0 Å². The van der Waals surface area contributed by atoms with Crippen LogP contribution in [-0.2, 0) is 17.6 Å². The lowest BCUT2D eigenvalue weighted by Gasteiger charge is -2.24. The predicted molar refractivity (Wildman–Crippen MR) is 152 cm³/mol. The number of benzene rings is 2. The summed E-state index contributed by atoms with van der Waals surface area (Å²) < 4.78 is 0. The van der Waals surface area contributed by atoms with Crippen LogP contribution < -0.4 is 21.5 Å². The fourth-order valence-corrected chi connectivity index (χ4v) is 5.42. The number of nitrogens with zero attached hydrogens (tertiary/aromatic N) is 2. The number of halogens is 2. The first-order valence-electron chi connectivity index (χ1n) is 12.2. The molecule has 38 heavy (non-hydrogen) atoms. The molecule has 2 atom stereocenters. The molecule has 1 aromatic heterocycles. The highest BCUT2D eigenvalue weighted by Crippen LogP contribution is 2.34. The zero-order valence-corrected chi connectivity index (χ0v) is 22.9. The third kappa shape index (κ3) is 5.55. The molecule has 2 aliphatic rings. The number of aryl methyl sites for hydroxylation is 2. The van der Waals surface area contributed by atoms with Crippen LogP contribution in [0.5, 0.6) is 0 Å². The Bertz CT molecular complexity index is 1420. The van der Waals surface area contributed by atoms with Crippen molar-refractivity contribution in [1.82, 2.24) is 25.9 Å². The summed E-state index contributed by atoms with van der Waals surface area (Å²) in [6, 6.07) is 15.0. The van der Waals surface area contributed by atoms with Gasteiger partial charge in [0.05, 0.1) is 16.6 Å². The smallest absolute Gasteiger partial charge is 0.253 e. The first-order chi connectivity index (χ1) is 18.3. The molecule has 8 nitrogen and oxygen atoms in total. The van der Waals surface area contributed by atoms with E-state index in [0.717, 1.165) is 24.0 Å². The third-order valence-electron chi connectivity index (χ3n) is 6.85. The number of aromatic nitrogens is 1. The summed E-state index contributed by atoms with van der Waals surface area (Å²) in [7, 11) is 1.71. The Morgan fingerprint density at radius 2 is 1.82 bits per heavy atom. The van der Waals surface area contributed by atoms with E-state index >= 15 is 0 Å². The van der Waals surface area contributed by atoms with Gasteiger partial charge >= 0.3 is 0 Å². The zero-order chi connectivity index (χ0) is 26.8. The largest absolute Gasteiger partial charge is 0.350 e. The van der Waals surface area contributed by atoms with Crippen LogP contribution in [-0.4, -0.2) is 46.4 Å². The number of anilines is 1. The van der Waals surface area contributed by atoms with Crippen LogP contribution in [0, 0.1) is 0 Å². The average Bonchev–Trinajstić information content (AvgIpc) is 3.13. The Labute approximate surface area is 236 Å². The number of nitrogens with one attached hydrogen (secondary N) is 4. The first kappa shape index (κ1) is 26.2. The number of hydrogen-bond acceptors (Lipinski definition) is 5. The molecule has 1 aliphatic carbocycles. The zero-order valence-electron chi connectivity index (χ0n) is 20.6. The molecule has 1 fully saturated rings. The van der Waals surface area contributed by atoms with Gasteiger partial charge < -0.3 is 15.5 Å². The van der Waals surface area contributed by atoms with Gasteiger partial charge in [0.2, 0.25) is 5.91 Å². The van der Waals surface area contributed by atoms with Gasteiger partial charge in [0.15, 0.2) is 10.9 Å². The third-order valence-corrected chi connectivity index (χ3v) is 7.59. The van der Waals surface area contributed by atoms with E-state index in [2.05, 4.69) is 38.6 Å². The van der Waals surface area contributed by atoms with Crippen LogP contribution in [0.4, 0.5) is 5.82 Å². The fourth-order valence-electron chi connectivity index (χ4n) is 4.84. The SMILES string of the molecule is CN1CC[C@@H](NC(=O)c2cnc(NNC(=S)NC3c4ccccc4CCc4cc(Cl)ccc43)c(Cl)c2)C1=O. The number of likely N-dealkylation sites (N-methyl/N-ethyl adjacent to an activating group) is 1. The molecular weight excluding hydrogens is 543 g/mol. The van der Waals surface area contributed by atoms with Crippen molar-refractivity contribution in [1.29, 1.82) is 0 Å². The summed E-state index contributed by atoms with van der Waals surface area (Å²) in [5.41, 5.74) is 10.8. The van der Waals surface area contributed by atoms with E-state index in [1.807, 2.05) is 30.3 Å². The van der Waals surface area contributed by atoms with Gasteiger partial charge in [-0.05, 0) is 71.9 Å². The summed E-state index contributed by atoms with van der Waals surface area (Å²) in [5, 5.41) is 7.41. The summed E-state index contributed by atoms with van der Waals surface area (Å²) in [6.07, 6.45) is 3.76. The molecule has 0 saturated carbocycles. The molecule has 2 aromatic carbocycles. The lowest BCUT2D eigenvalue weighted by Crippen LogP contribution is -2.41. The molecule has 11 heteroatoms. The second kappa shape index (κ2) is 11.1. The van der Waals surface area contributed by atoms with E-state index in [4.69, 9.17) is 35.4 Å². The summed E-state index contributed by atoms with van der Waals surface area (Å²) in [6.45, 7) is 0.608. The highest BCUT2D eigenvalue weighted by Gasteiger charge is 2.30. The van der Waals surface area contributed by atoms with Gasteiger partial charge in [0.25, 0.3) is 5.91 Å². The number of hydrogen-bond donors (Lipinski definition) is 4. The van der Waals surface area contributed by atoms with Gasteiger partial charge in [-0.1, -0.05) is 53.5 Å². The Kier molecular flexibility index (Phi) is 7.69. The number of carbonyl (C=O) groups is 2. The molecule has 4 N–H and O–H groups in total. The number of amides is 2. The van der Waals surface area contributed by atoms with E-state index in [1.165, 1.54) is 23.4 Å². The van der Waals surface area contributed by atoms with Crippen molar-refractivity contribution < 1.29 is 9.59 Å². The van der Waals surface area contributed by atoms with E-state index in [-0.39, 0.29) is 22.5 Å². The van der Waals surface area contributed by atoms with Crippen LogP contribution in [0.15, 0.2) is 54.7 Å². The maximum absolute atomic E-state index is 12.6. The van der Waals surface area contributed by atoms with Crippen LogP contribution in [0.1, 0.15) is 45.1 Å². The minimum atomic E-state index is -0.538. The highest BCUT2D eigenvalue weighted by molar-refractivity contribution is 7.80. The quantitative estimate of drug-likeness (QED) is 0.272. The van der Waals surface area contributed by atoms with Crippen molar-refractivity contribution in [2.75, 3.05) is 19.0 Å². The number of fused-ring (bicyclic) bond motifs is 2. The lowest BCUT2D eigenvalue weighted by molar-refractivity contribution is -0.128. The molecule has 0 radical (unpaired) electrons. The van der Waals surface area contributed by atoms with Crippen LogP contribution in [0.25, 0.3) is 0 Å². The normalized spacial score (nSPS) is 18.2. The molecule has 1 unspecified atom stereocenters. The fraction of sp³-hybridized carbons (Fsp3) is 0.259. The maximum Gasteiger partial charge on any atom is 0.253 e. The molecule has 1 aliphatic heterocycles. The van der Waals surface area contributed by atoms with Gasteiger partial charge in [-0.2, -0.15) is 0 Å². The Morgan fingerprint density at radius 1 is 1.05 bits per heavy atom. The first-order valence-corrected chi connectivity index (χ1v) is 13.4. The Hall–Kier alpha value is -3.40. The molecule has 0 bridgehead atoms. The van der Waals surface area contributed by atoms with E-state index in [0.29, 0.717) is 28.9 Å². The number of hydrazine groups is 1. The van der Waals surface area contributed by atoms with Crippen molar-refractivity contribution >= 4 is 58.2 Å². The van der Waals surface area contributed by atoms with E-state index in [1.54, 1.807) is 11.9 Å². The monoisotopic (exact) mass is 568 g/mol. The predicted octanol–water partition coefficient (Wildman–Crippen LogP) is 4.03. The summed E-state index contributed by atoms with van der Waals surface area (Å²) in [5.74, 6) is -0.212. The van der Waals surface area contributed by atoms with Crippen molar-refractivity contribution in [2.45, 2.75) is 31.3 Å². The molecule has 3 aromatic rings. The highest BCUT2D eigenvalue weighted by atomic mass is 35.5. The molecule has 1 saturated heterocycles. The van der Waals surface area contributed by atoms with E-state index in [9.17, 15) is 9.59 Å². The molecule has 2 heterocycles. The van der Waals surface area contributed by atoms with Crippen molar-refractivity contribution in [3.8, 4) is 0 Å². The van der Waals surface area contributed by atoms with Crippen LogP contribution in [0.3, 0.4) is 0 Å². The molecule has 196 valence electrons. The standard InChI is InChI=1S/C27H26Cl2N6O2S/c1-35-11-10-22(26(35)37)31-25(36)17-13-21(29)24(30-14-17)33-34-27(38)32-23-19-5-3-2-4-15(19)6-7-16-12-18(28)8-9-20(16)23/h2-5,8-9,12-14,22-23H,6-7,10-11H2,1H3,(H,30,33)(H,31,36)(H2,32,34,38)/t22-,23?/m1/s1. The van der Waals surface area contributed by atoms with Crippen molar-refractivity contribution in [2.24, 2.45) is 0 Å². The summed E-state index contributed by atoms with van der Waals surface area (Å²) >= 11 is 18.3. The van der Waals surface area contributed by atoms with Gasteiger partial charge in [-0.25, -0.2) is 4.98 Å². The molecule has 5 rings (SSSR count). The number of pyridine rings is 1. The second-order valence-corrected chi connectivity index (χ2v) is 10.6. The van der Waals surface area contributed by atoms with Crippen LogP contribution >= 0.6 is 35.4 Å². The average molecular weight is 570 g/mol. The second-order valence-electron chi connectivity index (χ2n) is 9.33. The number of thiocarbonyl (C=S) groups is 1. The number of carbonyl (C=O) groups excluding carboxylic acids is 2. The topological polar surface area (TPSA) is 98.4 Å². The number of likely N-dealkylation sites (tertiary alicyclic amines) is 1. The molecule has 2 amide bonds. The Morgan fingerprint density at radius 3 is 2.58 bits per heavy atom. The van der Waals surface area contributed by atoms with E-state index < -0.39 is 11.9 Å². The van der Waals surface area contributed by atoms with Crippen molar-refractivity contribution in [3.63, 3.8) is 0 Å². The van der Waals surface area contributed by atoms with Crippen molar-refractivity contribution in [3.05, 3.63) is 92.6 Å². The minimum absolute atomic E-state index is 0.108. The minimum Gasteiger partial charge on any atom is -0.350 e. The maximum atomic E-state index is 12.6. The van der Waals surface area contributed by atoms with Gasteiger partial charge in [-0.3, -0.25) is 20.4 Å². The van der Waals surface area contributed by atoms with Gasteiger partial charge in [0, 0.05) is 24.8 Å². The Balaban J connectivity index is 1.25.